The summed E-state index contributed by atoms with van der Waals surface area (Å²) in [4.78, 5) is 27.1. The van der Waals surface area contributed by atoms with E-state index in [1.807, 2.05) is 5.32 Å². The number of hydrogen-bond donors (Lipinski definition) is 2. The SMILES string of the molecule is O=C(NCC(F)(F)F)[C@@H]1[C@@H](CO)[C@@H]2Cn3c(cccc3=O)[C@H]1N2CC1CC1. The van der Waals surface area contributed by atoms with Crippen molar-refractivity contribution in [1.29, 1.82) is 0 Å². The first-order chi connectivity index (χ1) is 12.8. The van der Waals surface area contributed by atoms with Crippen LogP contribution in [-0.2, 0) is 11.3 Å². The number of nitrogens with one attached hydrogen (secondary N) is 1. The summed E-state index contributed by atoms with van der Waals surface area (Å²) in [5, 5.41) is 11.9. The smallest absolute Gasteiger partial charge is 0.396 e. The van der Waals surface area contributed by atoms with Crippen molar-refractivity contribution >= 4 is 5.91 Å². The Morgan fingerprint density at radius 2 is 2.04 bits per heavy atom. The highest BCUT2D eigenvalue weighted by Crippen LogP contribution is 2.49. The highest BCUT2D eigenvalue weighted by atomic mass is 19.4. The maximum atomic E-state index is 12.7. The number of carbonyl (C=O) groups is 1. The molecule has 0 spiro atoms. The molecule has 2 aliphatic heterocycles. The normalized spacial score (nSPS) is 30.2. The fourth-order valence-corrected chi connectivity index (χ4v) is 4.63. The molecule has 3 aliphatic rings. The number of amides is 1. The summed E-state index contributed by atoms with van der Waals surface area (Å²) >= 11 is 0. The maximum absolute atomic E-state index is 12.7. The van der Waals surface area contributed by atoms with Gasteiger partial charge in [0, 0.05) is 43.4 Å². The first-order valence-electron chi connectivity index (χ1n) is 9.21. The molecule has 0 radical (unpaired) electrons. The van der Waals surface area contributed by atoms with Gasteiger partial charge in [0.2, 0.25) is 5.91 Å². The molecule has 9 heteroatoms. The average molecular weight is 385 g/mol. The van der Waals surface area contributed by atoms with Crippen molar-refractivity contribution in [3.63, 3.8) is 0 Å². The lowest BCUT2D eigenvalue weighted by Gasteiger charge is -2.38. The summed E-state index contributed by atoms with van der Waals surface area (Å²) in [6.07, 6.45) is -2.32. The van der Waals surface area contributed by atoms with Gasteiger partial charge in [-0.2, -0.15) is 13.2 Å². The molecule has 4 rings (SSSR count). The lowest BCUT2D eigenvalue weighted by molar-refractivity contribution is -0.142. The van der Waals surface area contributed by atoms with E-state index in [0.29, 0.717) is 18.2 Å². The van der Waals surface area contributed by atoms with Gasteiger partial charge in [0.15, 0.2) is 0 Å². The molecule has 4 atom stereocenters. The number of pyridine rings is 1. The number of aromatic nitrogens is 1. The Morgan fingerprint density at radius 3 is 2.67 bits per heavy atom. The van der Waals surface area contributed by atoms with Crippen LogP contribution in [0.3, 0.4) is 0 Å². The number of carbonyl (C=O) groups excluding carboxylic acids is 1. The van der Waals surface area contributed by atoms with E-state index in [9.17, 15) is 27.9 Å². The van der Waals surface area contributed by atoms with Crippen molar-refractivity contribution < 1.29 is 23.1 Å². The summed E-state index contributed by atoms with van der Waals surface area (Å²) < 4.78 is 39.3. The zero-order chi connectivity index (χ0) is 19.3. The molecule has 6 nitrogen and oxygen atoms in total. The minimum Gasteiger partial charge on any atom is -0.396 e. The van der Waals surface area contributed by atoms with Gasteiger partial charge in [-0.05, 0) is 24.8 Å². The molecule has 3 heterocycles. The Balaban J connectivity index is 1.71. The predicted octanol–water partition coefficient (Wildman–Crippen LogP) is 0.900. The summed E-state index contributed by atoms with van der Waals surface area (Å²) in [7, 11) is 0. The molecule has 1 saturated heterocycles. The first kappa shape index (κ1) is 18.5. The number of nitrogens with zero attached hydrogens (tertiary/aromatic N) is 2. The van der Waals surface area contributed by atoms with E-state index in [1.165, 1.54) is 6.07 Å². The van der Waals surface area contributed by atoms with Crippen molar-refractivity contribution in [2.45, 2.75) is 37.6 Å². The van der Waals surface area contributed by atoms with Gasteiger partial charge in [-0.1, -0.05) is 6.07 Å². The van der Waals surface area contributed by atoms with Gasteiger partial charge >= 0.3 is 6.18 Å². The van der Waals surface area contributed by atoms with Crippen molar-refractivity contribution in [1.82, 2.24) is 14.8 Å². The molecule has 27 heavy (non-hydrogen) atoms. The number of alkyl halides is 3. The monoisotopic (exact) mass is 385 g/mol. The largest absolute Gasteiger partial charge is 0.405 e. The molecule has 1 saturated carbocycles. The first-order valence-corrected chi connectivity index (χ1v) is 9.21. The third-order valence-corrected chi connectivity index (χ3v) is 5.98. The Labute approximate surface area is 154 Å². The zero-order valence-corrected chi connectivity index (χ0v) is 14.7. The third kappa shape index (κ3) is 3.38. The molecule has 2 bridgehead atoms. The molecule has 0 aromatic carbocycles. The summed E-state index contributed by atoms with van der Waals surface area (Å²) in [6.45, 7) is -0.637. The fourth-order valence-electron chi connectivity index (χ4n) is 4.63. The Morgan fingerprint density at radius 1 is 1.30 bits per heavy atom. The minimum absolute atomic E-state index is 0.193. The van der Waals surface area contributed by atoms with Crippen LogP contribution in [0.4, 0.5) is 13.2 Å². The van der Waals surface area contributed by atoms with Crippen molar-refractivity contribution in [2.75, 3.05) is 19.7 Å². The van der Waals surface area contributed by atoms with Gasteiger partial charge in [0.05, 0.1) is 12.0 Å². The summed E-state index contributed by atoms with van der Waals surface area (Å²) in [6, 6.07) is 4.07. The molecular weight excluding hydrogens is 363 g/mol. The lowest BCUT2D eigenvalue weighted by Crippen LogP contribution is -2.47. The van der Waals surface area contributed by atoms with E-state index >= 15 is 0 Å². The molecule has 148 valence electrons. The zero-order valence-electron chi connectivity index (χ0n) is 14.7. The molecule has 2 fully saturated rings. The maximum Gasteiger partial charge on any atom is 0.405 e. The van der Waals surface area contributed by atoms with Crippen molar-refractivity contribution in [2.24, 2.45) is 17.8 Å². The van der Waals surface area contributed by atoms with Crippen LogP contribution in [0.25, 0.3) is 0 Å². The number of aliphatic hydroxyl groups excluding tert-OH is 1. The average Bonchev–Trinajstić information content (AvgIpc) is 3.38. The van der Waals surface area contributed by atoms with Crippen molar-refractivity contribution in [3.05, 3.63) is 34.2 Å². The van der Waals surface area contributed by atoms with E-state index in [2.05, 4.69) is 4.90 Å². The lowest BCUT2D eigenvalue weighted by atomic mass is 9.86. The molecule has 1 aromatic rings. The number of halogens is 3. The van der Waals surface area contributed by atoms with Crippen LogP contribution >= 0.6 is 0 Å². The van der Waals surface area contributed by atoms with Crippen LogP contribution < -0.4 is 10.9 Å². The number of aliphatic hydroxyl groups is 1. The van der Waals surface area contributed by atoms with Gasteiger partial charge in [0.25, 0.3) is 5.56 Å². The van der Waals surface area contributed by atoms with Crippen LogP contribution in [0, 0.1) is 17.8 Å². The second-order valence-corrected chi connectivity index (χ2v) is 7.76. The van der Waals surface area contributed by atoms with Gasteiger partial charge < -0.3 is 15.0 Å². The van der Waals surface area contributed by atoms with Crippen LogP contribution in [0.1, 0.15) is 24.6 Å². The number of rotatable bonds is 5. The van der Waals surface area contributed by atoms with Gasteiger partial charge in [-0.15, -0.1) is 0 Å². The summed E-state index contributed by atoms with van der Waals surface area (Å²) in [5.74, 6) is -1.55. The second kappa shape index (κ2) is 6.63. The highest BCUT2D eigenvalue weighted by Gasteiger charge is 2.56. The molecule has 1 aromatic heterocycles. The minimum atomic E-state index is -4.50. The van der Waals surface area contributed by atoms with Gasteiger partial charge in [-0.3, -0.25) is 14.5 Å². The van der Waals surface area contributed by atoms with E-state index in [4.69, 9.17) is 0 Å². The molecule has 1 amide bonds. The topological polar surface area (TPSA) is 74.6 Å². The van der Waals surface area contributed by atoms with Crippen LogP contribution in [0.15, 0.2) is 23.0 Å². The molecule has 1 aliphatic carbocycles. The van der Waals surface area contributed by atoms with Gasteiger partial charge in [0.1, 0.15) is 6.54 Å². The number of hydrogen-bond acceptors (Lipinski definition) is 4. The van der Waals surface area contributed by atoms with Gasteiger partial charge in [-0.25, -0.2) is 0 Å². The second-order valence-electron chi connectivity index (χ2n) is 7.76. The molecule has 2 N–H and O–H groups in total. The van der Waals surface area contributed by atoms with Crippen LogP contribution in [0.2, 0.25) is 0 Å². The number of fused-ring (bicyclic) bond motifs is 4. The Bertz CT molecular complexity index is 790. The fraction of sp³-hybridized carbons (Fsp3) is 0.667. The standard InChI is InChI=1S/C18H22F3N3O3/c19-18(20,21)9-22-17(27)15-11(8-25)13-7-23-12(2-1-3-14(23)26)16(15)24(13)6-10-4-5-10/h1-3,10-11,13,15-16,25H,4-9H2,(H,22,27)/t11-,13-,15+,16+/m0/s1. The van der Waals surface area contributed by atoms with E-state index in [1.54, 1.807) is 16.7 Å². The van der Waals surface area contributed by atoms with Crippen molar-refractivity contribution in [3.8, 4) is 0 Å². The predicted molar refractivity (Wildman–Crippen MR) is 89.8 cm³/mol. The Hall–Kier alpha value is -1.87. The molecule has 0 unspecified atom stereocenters. The quantitative estimate of drug-likeness (QED) is 0.790. The Kier molecular flexibility index (Phi) is 4.54. The van der Waals surface area contributed by atoms with Crippen LogP contribution in [-0.4, -0.2) is 52.4 Å². The third-order valence-electron chi connectivity index (χ3n) is 5.98. The molecular formula is C18H22F3N3O3. The van der Waals surface area contributed by atoms with E-state index in [-0.39, 0.29) is 18.2 Å². The van der Waals surface area contributed by atoms with Crippen LogP contribution in [0.5, 0.6) is 0 Å². The van der Waals surface area contributed by atoms with E-state index in [0.717, 1.165) is 19.4 Å². The highest BCUT2D eigenvalue weighted by molar-refractivity contribution is 5.80. The summed E-state index contributed by atoms with van der Waals surface area (Å²) in [5.41, 5.74) is 0.448. The van der Waals surface area contributed by atoms with E-state index < -0.39 is 36.5 Å².